The van der Waals surface area contributed by atoms with E-state index in [0.717, 1.165) is 30.1 Å². The van der Waals surface area contributed by atoms with Gasteiger partial charge >= 0.3 is 0 Å². The van der Waals surface area contributed by atoms with Gasteiger partial charge < -0.3 is 4.74 Å². The summed E-state index contributed by atoms with van der Waals surface area (Å²) >= 11 is 5.88. The monoisotopic (exact) mass is 170 g/mol. The standard InChI is InChI=1S/C9H11ClO/c1-6-4-7-2-3-8(10)5-9(7)11-6/h5-6H,2-4H2,1H3. The maximum atomic E-state index is 5.88. The first kappa shape index (κ1) is 7.23. The van der Waals surface area contributed by atoms with Gasteiger partial charge in [0.05, 0.1) is 6.10 Å². The summed E-state index contributed by atoms with van der Waals surface area (Å²) in [6, 6.07) is 0. The van der Waals surface area contributed by atoms with Crippen LogP contribution in [0.3, 0.4) is 0 Å². The van der Waals surface area contributed by atoms with E-state index in [1.54, 1.807) is 0 Å². The van der Waals surface area contributed by atoms with E-state index in [4.69, 9.17) is 16.3 Å². The fourth-order valence-corrected chi connectivity index (χ4v) is 1.83. The molecular formula is C9H11ClO. The Kier molecular flexibility index (Phi) is 1.68. The minimum Gasteiger partial charge on any atom is -0.490 e. The quantitative estimate of drug-likeness (QED) is 0.543. The van der Waals surface area contributed by atoms with Crippen LogP contribution in [0.15, 0.2) is 22.4 Å². The molecular weight excluding hydrogens is 160 g/mol. The number of hydrogen-bond acceptors (Lipinski definition) is 1. The van der Waals surface area contributed by atoms with Crippen LogP contribution in [0.2, 0.25) is 0 Å². The van der Waals surface area contributed by atoms with E-state index in [9.17, 15) is 0 Å². The molecule has 60 valence electrons. The van der Waals surface area contributed by atoms with E-state index < -0.39 is 0 Å². The lowest BCUT2D eigenvalue weighted by Crippen LogP contribution is -1.96. The Balaban J connectivity index is 2.23. The molecule has 0 aromatic carbocycles. The number of ether oxygens (including phenoxy) is 1. The van der Waals surface area contributed by atoms with Crippen LogP contribution in [0.25, 0.3) is 0 Å². The predicted molar refractivity (Wildman–Crippen MR) is 45.4 cm³/mol. The SMILES string of the molecule is CC1CC2=C(C=C(Cl)CC2)O1. The molecule has 1 aliphatic carbocycles. The zero-order valence-corrected chi connectivity index (χ0v) is 7.32. The first-order valence-corrected chi connectivity index (χ1v) is 4.38. The Hall–Kier alpha value is -0.430. The summed E-state index contributed by atoms with van der Waals surface area (Å²) in [5.74, 6) is 1.04. The van der Waals surface area contributed by atoms with Crippen molar-refractivity contribution in [3.63, 3.8) is 0 Å². The van der Waals surface area contributed by atoms with Crippen molar-refractivity contribution in [1.82, 2.24) is 0 Å². The summed E-state index contributed by atoms with van der Waals surface area (Å²) in [4.78, 5) is 0. The van der Waals surface area contributed by atoms with E-state index in [0.29, 0.717) is 6.10 Å². The van der Waals surface area contributed by atoms with Gasteiger partial charge in [0.2, 0.25) is 0 Å². The Morgan fingerprint density at radius 2 is 2.36 bits per heavy atom. The van der Waals surface area contributed by atoms with Crippen molar-refractivity contribution in [2.75, 3.05) is 0 Å². The minimum absolute atomic E-state index is 0.360. The topological polar surface area (TPSA) is 9.23 Å². The van der Waals surface area contributed by atoms with E-state index in [1.165, 1.54) is 5.57 Å². The predicted octanol–water partition coefficient (Wildman–Crippen LogP) is 2.97. The summed E-state index contributed by atoms with van der Waals surface area (Å²) in [6.45, 7) is 2.10. The smallest absolute Gasteiger partial charge is 0.120 e. The molecule has 2 heteroatoms. The van der Waals surface area contributed by atoms with Gasteiger partial charge in [-0.1, -0.05) is 11.6 Å². The lowest BCUT2D eigenvalue weighted by Gasteiger charge is -2.08. The molecule has 0 bridgehead atoms. The highest BCUT2D eigenvalue weighted by Crippen LogP contribution is 2.35. The van der Waals surface area contributed by atoms with Crippen molar-refractivity contribution in [2.45, 2.75) is 32.3 Å². The Morgan fingerprint density at radius 3 is 3.18 bits per heavy atom. The second-order valence-corrected chi connectivity index (χ2v) is 3.68. The molecule has 11 heavy (non-hydrogen) atoms. The molecule has 0 N–H and O–H groups in total. The van der Waals surface area contributed by atoms with Crippen molar-refractivity contribution >= 4 is 11.6 Å². The van der Waals surface area contributed by atoms with Crippen molar-refractivity contribution in [1.29, 1.82) is 0 Å². The zero-order chi connectivity index (χ0) is 7.84. The van der Waals surface area contributed by atoms with Crippen LogP contribution in [0.5, 0.6) is 0 Å². The first-order chi connectivity index (χ1) is 5.25. The number of rotatable bonds is 0. The molecule has 0 aromatic rings. The van der Waals surface area contributed by atoms with E-state index >= 15 is 0 Å². The molecule has 0 saturated heterocycles. The molecule has 0 fully saturated rings. The second-order valence-electron chi connectivity index (χ2n) is 3.19. The van der Waals surface area contributed by atoms with Gasteiger partial charge in [-0.3, -0.25) is 0 Å². The highest BCUT2D eigenvalue weighted by atomic mass is 35.5. The third-order valence-electron chi connectivity index (χ3n) is 2.16. The van der Waals surface area contributed by atoms with Crippen LogP contribution in [0.4, 0.5) is 0 Å². The molecule has 2 rings (SSSR count). The highest BCUT2D eigenvalue weighted by molar-refractivity contribution is 6.29. The van der Waals surface area contributed by atoms with Crippen molar-refractivity contribution in [2.24, 2.45) is 0 Å². The molecule has 0 amide bonds. The maximum Gasteiger partial charge on any atom is 0.120 e. The van der Waals surface area contributed by atoms with Gasteiger partial charge in [0.25, 0.3) is 0 Å². The van der Waals surface area contributed by atoms with E-state index in [2.05, 4.69) is 6.92 Å². The average molecular weight is 171 g/mol. The molecule has 1 nitrogen and oxygen atoms in total. The normalized spacial score (nSPS) is 29.6. The van der Waals surface area contributed by atoms with Crippen LogP contribution < -0.4 is 0 Å². The largest absolute Gasteiger partial charge is 0.490 e. The van der Waals surface area contributed by atoms with Gasteiger partial charge in [-0.05, 0) is 31.4 Å². The van der Waals surface area contributed by atoms with Crippen LogP contribution in [-0.2, 0) is 4.74 Å². The van der Waals surface area contributed by atoms with E-state index in [-0.39, 0.29) is 0 Å². The van der Waals surface area contributed by atoms with Gasteiger partial charge in [0.1, 0.15) is 5.76 Å². The second kappa shape index (κ2) is 2.56. The minimum atomic E-state index is 0.360. The summed E-state index contributed by atoms with van der Waals surface area (Å²) in [6.07, 6.45) is 5.50. The number of halogens is 1. The molecule has 0 radical (unpaired) electrons. The Morgan fingerprint density at radius 1 is 1.55 bits per heavy atom. The Labute approximate surface area is 71.7 Å². The Bertz CT molecular complexity index is 240. The van der Waals surface area contributed by atoms with Crippen LogP contribution >= 0.6 is 11.6 Å². The molecule has 1 unspecified atom stereocenters. The highest BCUT2D eigenvalue weighted by Gasteiger charge is 2.23. The first-order valence-electron chi connectivity index (χ1n) is 4.00. The lowest BCUT2D eigenvalue weighted by atomic mass is 10.0. The fraction of sp³-hybridized carbons (Fsp3) is 0.556. The van der Waals surface area contributed by atoms with Crippen LogP contribution in [0.1, 0.15) is 26.2 Å². The molecule has 2 aliphatic rings. The number of hydrogen-bond donors (Lipinski definition) is 0. The summed E-state index contributed by atoms with van der Waals surface area (Å²) in [5.41, 5.74) is 1.45. The summed E-state index contributed by atoms with van der Waals surface area (Å²) < 4.78 is 5.55. The molecule has 1 heterocycles. The van der Waals surface area contributed by atoms with Crippen LogP contribution in [-0.4, -0.2) is 6.10 Å². The zero-order valence-electron chi connectivity index (χ0n) is 6.56. The molecule has 1 atom stereocenters. The lowest BCUT2D eigenvalue weighted by molar-refractivity contribution is 0.169. The third-order valence-corrected chi connectivity index (χ3v) is 2.46. The summed E-state index contributed by atoms with van der Waals surface area (Å²) in [7, 11) is 0. The molecule has 0 spiro atoms. The van der Waals surface area contributed by atoms with Gasteiger partial charge in [-0.15, -0.1) is 0 Å². The molecule has 0 aromatic heterocycles. The molecule has 1 aliphatic heterocycles. The van der Waals surface area contributed by atoms with Gasteiger partial charge in [-0.2, -0.15) is 0 Å². The van der Waals surface area contributed by atoms with Gasteiger partial charge in [0.15, 0.2) is 0 Å². The maximum absolute atomic E-state index is 5.88. The summed E-state index contributed by atoms with van der Waals surface area (Å²) in [5, 5.41) is 0.929. The van der Waals surface area contributed by atoms with E-state index in [1.807, 2.05) is 6.08 Å². The molecule has 0 saturated carbocycles. The van der Waals surface area contributed by atoms with Crippen molar-refractivity contribution < 1.29 is 4.74 Å². The average Bonchev–Trinajstić information content (AvgIpc) is 2.27. The van der Waals surface area contributed by atoms with Gasteiger partial charge in [-0.25, -0.2) is 0 Å². The number of allylic oxidation sites excluding steroid dienone is 2. The fourth-order valence-electron chi connectivity index (χ4n) is 1.64. The van der Waals surface area contributed by atoms with Gasteiger partial charge in [0, 0.05) is 11.5 Å². The van der Waals surface area contributed by atoms with Crippen molar-refractivity contribution in [3.8, 4) is 0 Å². The van der Waals surface area contributed by atoms with Crippen LogP contribution in [0, 0.1) is 0 Å². The third kappa shape index (κ3) is 1.30. The van der Waals surface area contributed by atoms with Crippen molar-refractivity contribution in [3.05, 3.63) is 22.4 Å².